The number of nitrogens with two attached hydrogens (primary N) is 1. The quantitative estimate of drug-likeness (QED) is 0.709. The summed E-state index contributed by atoms with van der Waals surface area (Å²) in [7, 11) is 0. The second-order valence-electron chi connectivity index (χ2n) is 4.93. The molecule has 0 saturated heterocycles. The van der Waals surface area contributed by atoms with Crippen LogP contribution in [0.1, 0.15) is 29.6 Å². The molecule has 2 N–H and O–H groups in total. The Morgan fingerprint density at radius 1 is 1.33 bits per heavy atom. The van der Waals surface area contributed by atoms with Crippen molar-refractivity contribution >= 4 is 43.2 Å². The molecular weight excluding hydrogens is 416 g/mol. The van der Waals surface area contributed by atoms with Gasteiger partial charge in [-0.05, 0) is 69.3 Å². The normalized spacial score (nSPS) is 12.4. The third kappa shape index (κ3) is 4.77. The fraction of sp³-hybridized carbons (Fsp3) is 0.400. The monoisotopic (exact) mass is 432 g/mol. The number of nitrogens with zero attached hydrogens (tertiary/aromatic N) is 1. The number of rotatable bonds is 6. The van der Waals surface area contributed by atoms with Gasteiger partial charge in [-0.2, -0.15) is 0 Å². The van der Waals surface area contributed by atoms with Gasteiger partial charge in [-0.3, -0.25) is 0 Å². The molecular formula is C15H18Br2N2OS. The third-order valence-corrected chi connectivity index (χ3v) is 5.21. The molecule has 1 aromatic carbocycles. The number of halogens is 2. The Morgan fingerprint density at radius 2 is 2.00 bits per heavy atom. The van der Waals surface area contributed by atoms with Gasteiger partial charge in [-0.25, -0.2) is 4.98 Å². The molecule has 0 aliphatic rings. The van der Waals surface area contributed by atoms with Crippen molar-refractivity contribution in [2.75, 3.05) is 0 Å². The number of ether oxygens (including phenoxy) is 1. The van der Waals surface area contributed by atoms with Crippen molar-refractivity contribution in [1.29, 1.82) is 0 Å². The molecule has 2 rings (SSSR count). The van der Waals surface area contributed by atoms with E-state index in [9.17, 15) is 0 Å². The van der Waals surface area contributed by atoms with E-state index >= 15 is 0 Å². The summed E-state index contributed by atoms with van der Waals surface area (Å²) in [4.78, 5) is 4.40. The fourth-order valence-corrected chi connectivity index (χ4v) is 4.11. The van der Waals surface area contributed by atoms with Gasteiger partial charge in [0, 0.05) is 17.1 Å². The van der Waals surface area contributed by atoms with E-state index in [-0.39, 0.29) is 6.04 Å². The van der Waals surface area contributed by atoms with Crippen molar-refractivity contribution < 1.29 is 4.74 Å². The van der Waals surface area contributed by atoms with E-state index in [1.54, 1.807) is 11.3 Å². The van der Waals surface area contributed by atoms with Gasteiger partial charge >= 0.3 is 0 Å². The van der Waals surface area contributed by atoms with Crippen LogP contribution in [0.5, 0.6) is 5.75 Å². The Labute approximate surface area is 146 Å². The second kappa shape index (κ2) is 7.72. The number of aromatic nitrogens is 1. The van der Waals surface area contributed by atoms with Crippen molar-refractivity contribution in [3.8, 4) is 5.75 Å². The van der Waals surface area contributed by atoms with Crippen LogP contribution in [0.15, 0.2) is 26.5 Å². The van der Waals surface area contributed by atoms with E-state index in [0.717, 1.165) is 38.2 Å². The van der Waals surface area contributed by atoms with Gasteiger partial charge in [0.05, 0.1) is 8.95 Å². The van der Waals surface area contributed by atoms with E-state index in [1.165, 1.54) is 5.56 Å². The van der Waals surface area contributed by atoms with Crippen molar-refractivity contribution in [3.05, 3.63) is 42.7 Å². The predicted octanol–water partition coefficient (Wildman–Crippen LogP) is 4.84. The highest BCUT2D eigenvalue weighted by Gasteiger charge is 2.12. The van der Waals surface area contributed by atoms with Crippen LogP contribution in [0.3, 0.4) is 0 Å². The highest BCUT2D eigenvalue weighted by molar-refractivity contribution is 9.11. The van der Waals surface area contributed by atoms with Crippen LogP contribution in [0.4, 0.5) is 0 Å². The Morgan fingerprint density at radius 3 is 2.52 bits per heavy atom. The minimum Gasteiger partial charge on any atom is -0.484 e. The zero-order valence-corrected chi connectivity index (χ0v) is 16.0. The van der Waals surface area contributed by atoms with E-state index in [1.807, 2.05) is 12.3 Å². The first-order chi connectivity index (χ1) is 9.99. The van der Waals surface area contributed by atoms with Crippen LogP contribution < -0.4 is 10.5 Å². The lowest BCUT2D eigenvalue weighted by molar-refractivity contribution is 0.301. The van der Waals surface area contributed by atoms with Gasteiger partial charge in [-0.1, -0.05) is 6.92 Å². The van der Waals surface area contributed by atoms with Crippen LogP contribution in [0, 0.1) is 6.92 Å². The molecule has 1 atom stereocenters. The molecule has 21 heavy (non-hydrogen) atoms. The molecule has 0 fully saturated rings. The number of hydrogen-bond donors (Lipinski definition) is 1. The first kappa shape index (κ1) is 16.9. The lowest BCUT2D eigenvalue weighted by Crippen LogP contribution is -2.21. The Kier molecular flexibility index (Phi) is 6.22. The standard InChI is InChI=1S/C15H18Br2N2OS/c1-3-11(18)4-10-5-12(16)15(13(17)6-10)20-7-14-19-9(2)8-21-14/h5-6,8,11H,3-4,7,18H2,1-2H3. The molecule has 0 amide bonds. The van der Waals surface area contributed by atoms with Crippen LogP contribution in [0.25, 0.3) is 0 Å². The number of benzene rings is 1. The summed E-state index contributed by atoms with van der Waals surface area (Å²) in [5, 5.41) is 3.00. The Balaban J connectivity index is 2.09. The van der Waals surface area contributed by atoms with Crippen LogP contribution in [-0.2, 0) is 13.0 Å². The molecule has 3 nitrogen and oxygen atoms in total. The minimum absolute atomic E-state index is 0.189. The smallest absolute Gasteiger partial charge is 0.148 e. The van der Waals surface area contributed by atoms with E-state index in [2.05, 4.69) is 55.9 Å². The molecule has 2 aromatic rings. The topological polar surface area (TPSA) is 48.1 Å². The SMILES string of the molecule is CCC(N)Cc1cc(Br)c(OCc2nc(C)cs2)c(Br)c1. The van der Waals surface area contributed by atoms with Gasteiger partial charge in [0.2, 0.25) is 0 Å². The summed E-state index contributed by atoms with van der Waals surface area (Å²) in [6.45, 7) is 4.56. The van der Waals surface area contributed by atoms with Crippen LogP contribution in [0.2, 0.25) is 0 Å². The lowest BCUT2D eigenvalue weighted by Gasteiger charge is -2.13. The molecule has 114 valence electrons. The molecule has 0 aliphatic heterocycles. The van der Waals surface area contributed by atoms with Gasteiger partial charge in [0.25, 0.3) is 0 Å². The maximum atomic E-state index is 6.01. The highest BCUT2D eigenvalue weighted by Crippen LogP contribution is 2.35. The zero-order valence-electron chi connectivity index (χ0n) is 12.0. The highest BCUT2D eigenvalue weighted by atomic mass is 79.9. The maximum Gasteiger partial charge on any atom is 0.148 e. The van der Waals surface area contributed by atoms with Gasteiger partial charge < -0.3 is 10.5 Å². The van der Waals surface area contributed by atoms with Crippen LogP contribution >= 0.6 is 43.2 Å². The molecule has 1 unspecified atom stereocenters. The Hall–Kier alpha value is -0.430. The summed E-state index contributed by atoms with van der Waals surface area (Å²) in [5.41, 5.74) is 8.23. The fourth-order valence-electron chi connectivity index (χ4n) is 1.92. The molecule has 1 heterocycles. The summed E-state index contributed by atoms with van der Waals surface area (Å²) in [6, 6.07) is 4.33. The predicted molar refractivity (Wildman–Crippen MR) is 95.0 cm³/mol. The molecule has 0 spiro atoms. The van der Waals surface area contributed by atoms with Crippen molar-refractivity contribution in [1.82, 2.24) is 4.98 Å². The average molecular weight is 434 g/mol. The van der Waals surface area contributed by atoms with Gasteiger partial charge in [0.1, 0.15) is 17.4 Å². The molecule has 0 saturated carbocycles. The van der Waals surface area contributed by atoms with Gasteiger partial charge in [-0.15, -0.1) is 11.3 Å². The first-order valence-electron chi connectivity index (χ1n) is 6.77. The summed E-state index contributed by atoms with van der Waals surface area (Å²) in [6.07, 6.45) is 1.83. The molecule has 1 aromatic heterocycles. The average Bonchev–Trinajstić information content (AvgIpc) is 2.83. The first-order valence-corrected chi connectivity index (χ1v) is 9.23. The summed E-state index contributed by atoms with van der Waals surface area (Å²) < 4.78 is 7.74. The number of hydrogen-bond acceptors (Lipinski definition) is 4. The molecule has 6 heteroatoms. The molecule has 0 radical (unpaired) electrons. The summed E-state index contributed by atoms with van der Waals surface area (Å²) in [5.74, 6) is 0.802. The van der Waals surface area contributed by atoms with Crippen molar-refractivity contribution in [3.63, 3.8) is 0 Å². The summed E-state index contributed by atoms with van der Waals surface area (Å²) >= 11 is 8.76. The van der Waals surface area contributed by atoms with Crippen molar-refractivity contribution in [2.45, 2.75) is 39.3 Å². The molecule has 0 aliphatic carbocycles. The minimum atomic E-state index is 0.189. The van der Waals surface area contributed by atoms with E-state index in [0.29, 0.717) is 6.61 Å². The van der Waals surface area contributed by atoms with E-state index < -0.39 is 0 Å². The number of thiazole rings is 1. The second-order valence-corrected chi connectivity index (χ2v) is 7.58. The van der Waals surface area contributed by atoms with Gasteiger partial charge in [0.15, 0.2) is 0 Å². The zero-order chi connectivity index (χ0) is 15.4. The lowest BCUT2D eigenvalue weighted by atomic mass is 10.0. The maximum absolute atomic E-state index is 6.01. The van der Waals surface area contributed by atoms with Crippen LogP contribution in [-0.4, -0.2) is 11.0 Å². The third-order valence-electron chi connectivity index (χ3n) is 3.09. The van der Waals surface area contributed by atoms with Crippen molar-refractivity contribution in [2.24, 2.45) is 5.73 Å². The number of aryl methyl sites for hydroxylation is 1. The van der Waals surface area contributed by atoms with E-state index in [4.69, 9.17) is 10.5 Å². The molecule has 0 bridgehead atoms. The Bertz CT molecular complexity index is 592. The largest absolute Gasteiger partial charge is 0.484 e.